The van der Waals surface area contributed by atoms with Gasteiger partial charge in [0.1, 0.15) is 10.9 Å². The quantitative estimate of drug-likeness (QED) is 0.608. The molecule has 1 aliphatic heterocycles. The molecular formula is C17H19ClN4O3. The van der Waals surface area contributed by atoms with Crippen molar-refractivity contribution in [3.05, 3.63) is 52.3 Å². The van der Waals surface area contributed by atoms with Crippen molar-refractivity contribution in [2.24, 2.45) is 10.7 Å². The van der Waals surface area contributed by atoms with E-state index < -0.39 is 6.29 Å². The number of fused-ring (bicyclic) bond motifs is 1. The number of nitrogens with zero attached hydrogens (tertiary/aromatic N) is 2. The van der Waals surface area contributed by atoms with Gasteiger partial charge in [-0.2, -0.15) is 0 Å². The Labute approximate surface area is 149 Å². The summed E-state index contributed by atoms with van der Waals surface area (Å²) in [4.78, 5) is 21.2. The average molecular weight is 363 g/mol. The van der Waals surface area contributed by atoms with Crippen molar-refractivity contribution in [2.75, 3.05) is 13.7 Å². The topological polar surface area (TPSA) is 92.9 Å². The molecule has 8 heteroatoms. The van der Waals surface area contributed by atoms with Crippen LogP contribution in [0.25, 0.3) is 5.16 Å². The van der Waals surface area contributed by atoms with Crippen LogP contribution >= 0.6 is 11.6 Å². The number of aromatic amines is 1. The maximum Gasteiger partial charge on any atom is 0.338 e. The lowest BCUT2D eigenvalue weighted by molar-refractivity contribution is 0.0526. The highest BCUT2D eigenvalue weighted by Gasteiger charge is 2.23. The second-order valence-corrected chi connectivity index (χ2v) is 5.80. The maximum absolute atomic E-state index is 12.0. The van der Waals surface area contributed by atoms with E-state index >= 15 is 0 Å². The molecule has 2 aromatic rings. The molecule has 132 valence electrons. The van der Waals surface area contributed by atoms with Gasteiger partial charge in [0.25, 0.3) is 0 Å². The number of nitrogens with one attached hydrogen (secondary N) is 1. The Morgan fingerprint density at radius 1 is 1.44 bits per heavy atom. The van der Waals surface area contributed by atoms with E-state index in [1.807, 2.05) is 6.07 Å². The van der Waals surface area contributed by atoms with Gasteiger partial charge in [-0.15, -0.1) is 0 Å². The van der Waals surface area contributed by atoms with Gasteiger partial charge < -0.3 is 19.4 Å². The molecule has 1 aliphatic rings. The van der Waals surface area contributed by atoms with Gasteiger partial charge in [0, 0.05) is 11.8 Å². The predicted molar refractivity (Wildman–Crippen MR) is 93.3 cm³/mol. The Kier molecular flexibility index (Phi) is 4.96. The largest absolute Gasteiger partial charge is 0.496 e. The summed E-state index contributed by atoms with van der Waals surface area (Å²) >= 11 is 6.49. The molecule has 0 amide bonds. The van der Waals surface area contributed by atoms with Crippen LogP contribution in [0.3, 0.4) is 0 Å². The molecule has 0 bridgehead atoms. The van der Waals surface area contributed by atoms with Crippen LogP contribution in [0.15, 0.2) is 35.5 Å². The molecule has 3 rings (SSSR count). The number of hydrogen-bond donors (Lipinski definition) is 2. The number of hydrogen-bond acceptors (Lipinski definition) is 6. The molecule has 1 aromatic heterocycles. The Hall–Kier alpha value is -2.51. The highest BCUT2D eigenvalue weighted by atomic mass is 35.5. The van der Waals surface area contributed by atoms with E-state index in [9.17, 15) is 4.79 Å². The van der Waals surface area contributed by atoms with Crippen molar-refractivity contribution in [3.8, 4) is 5.75 Å². The molecule has 1 unspecified atom stereocenters. The molecule has 3 N–H and O–H groups in total. The van der Waals surface area contributed by atoms with Crippen LogP contribution in [0.1, 0.15) is 22.8 Å². The molecule has 25 heavy (non-hydrogen) atoms. The first-order valence-electron chi connectivity index (χ1n) is 7.82. The number of carbonyl (C=O) groups is 1. The van der Waals surface area contributed by atoms with Gasteiger partial charge in [-0.1, -0.05) is 11.6 Å². The van der Waals surface area contributed by atoms with Crippen molar-refractivity contribution in [1.29, 1.82) is 0 Å². The number of H-pyrrole nitrogens is 1. The number of benzene rings is 1. The summed E-state index contributed by atoms with van der Waals surface area (Å²) in [5, 5.41) is 1.90. The molecule has 1 atom stereocenters. The second kappa shape index (κ2) is 7.16. The summed E-state index contributed by atoms with van der Waals surface area (Å²) in [5.41, 5.74) is 7.33. The first-order chi connectivity index (χ1) is 12.0. The van der Waals surface area contributed by atoms with Gasteiger partial charge in [-0.05, 0) is 31.2 Å². The van der Waals surface area contributed by atoms with Gasteiger partial charge in [-0.25, -0.2) is 9.79 Å². The number of esters is 1. The second-order valence-electron chi connectivity index (χ2n) is 5.45. The first-order valence-corrected chi connectivity index (χ1v) is 8.20. The lowest BCUT2D eigenvalue weighted by atomic mass is 10.1. The third kappa shape index (κ3) is 3.33. The number of nitrogens with two attached hydrogens (primary N) is 1. The standard InChI is InChI=1S/C17H19ClN4O3/c1-3-25-16(23)10-4-5-13(24-2)11(8-10)9-22-15(18)14-12(6-7-20-14)21-17(22)19/h4-8,17,20H,3,9,19H2,1-2H3. The van der Waals surface area contributed by atoms with Crippen LogP contribution in [0.2, 0.25) is 0 Å². The molecule has 7 nitrogen and oxygen atoms in total. The van der Waals surface area contributed by atoms with E-state index in [1.54, 1.807) is 43.3 Å². The van der Waals surface area contributed by atoms with Crippen LogP contribution < -0.4 is 21.2 Å². The lowest BCUT2D eigenvalue weighted by Gasteiger charge is -2.29. The smallest absolute Gasteiger partial charge is 0.338 e. The van der Waals surface area contributed by atoms with Gasteiger partial charge in [-0.3, -0.25) is 5.73 Å². The van der Waals surface area contributed by atoms with Crippen LogP contribution in [0.5, 0.6) is 5.75 Å². The molecule has 0 spiro atoms. The molecule has 0 radical (unpaired) electrons. The highest BCUT2D eigenvalue weighted by Crippen LogP contribution is 2.26. The van der Waals surface area contributed by atoms with Crippen molar-refractivity contribution >= 4 is 22.7 Å². The molecule has 0 saturated heterocycles. The van der Waals surface area contributed by atoms with Gasteiger partial charge in [0.05, 0.1) is 36.5 Å². The number of carbonyl (C=O) groups excluding carboxylic acids is 1. The van der Waals surface area contributed by atoms with Crippen molar-refractivity contribution in [2.45, 2.75) is 19.8 Å². The summed E-state index contributed by atoms with van der Waals surface area (Å²) in [6.45, 7) is 2.41. The molecular weight excluding hydrogens is 344 g/mol. The first kappa shape index (κ1) is 17.3. The minimum atomic E-state index is -0.633. The molecule has 0 saturated carbocycles. The zero-order valence-electron chi connectivity index (χ0n) is 14.0. The van der Waals surface area contributed by atoms with Crippen LogP contribution in [-0.2, 0) is 11.3 Å². The fourth-order valence-electron chi connectivity index (χ4n) is 2.70. The van der Waals surface area contributed by atoms with E-state index in [0.717, 1.165) is 10.9 Å². The Morgan fingerprint density at radius 2 is 2.24 bits per heavy atom. The normalized spacial score (nSPS) is 16.2. The monoisotopic (exact) mass is 362 g/mol. The van der Waals surface area contributed by atoms with E-state index in [2.05, 4.69) is 9.98 Å². The van der Waals surface area contributed by atoms with Gasteiger partial charge >= 0.3 is 5.97 Å². The van der Waals surface area contributed by atoms with E-state index in [-0.39, 0.29) is 5.97 Å². The number of halogens is 1. The van der Waals surface area contributed by atoms with Gasteiger partial charge in [0.15, 0.2) is 6.29 Å². The van der Waals surface area contributed by atoms with E-state index in [1.165, 1.54) is 0 Å². The third-order valence-corrected chi connectivity index (χ3v) is 4.31. The number of aromatic nitrogens is 1. The summed E-state index contributed by atoms with van der Waals surface area (Å²) in [6, 6.07) is 6.92. The zero-order valence-corrected chi connectivity index (χ0v) is 14.7. The fourth-order valence-corrected chi connectivity index (χ4v) is 3.01. The number of methoxy groups -OCH3 is 1. The Bertz CT molecular complexity index is 909. The summed E-state index contributed by atoms with van der Waals surface area (Å²) in [7, 11) is 1.57. The minimum absolute atomic E-state index is 0.311. The molecule has 1 aromatic carbocycles. The summed E-state index contributed by atoms with van der Waals surface area (Å²) < 4.78 is 10.4. The highest BCUT2D eigenvalue weighted by molar-refractivity contribution is 6.44. The lowest BCUT2D eigenvalue weighted by Crippen LogP contribution is -2.47. The van der Waals surface area contributed by atoms with Gasteiger partial charge in [0.2, 0.25) is 0 Å². The predicted octanol–water partition coefficient (Wildman–Crippen LogP) is 0.882. The summed E-state index contributed by atoms with van der Waals surface area (Å²) in [6.07, 6.45) is 1.13. The third-order valence-electron chi connectivity index (χ3n) is 3.91. The minimum Gasteiger partial charge on any atom is -0.496 e. The Balaban J connectivity index is 1.97. The van der Waals surface area contributed by atoms with Crippen LogP contribution in [0.4, 0.5) is 0 Å². The number of rotatable bonds is 5. The van der Waals surface area contributed by atoms with Crippen molar-refractivity contribution in [3.63, 3.8) is 0 Å². The number of ether oxygens (including phenoxy) is 2. The van der Waals surface area contributed by atoms with Crippen LogP contribution in [0, 0.1) is 0 Å². The maximum atomic E-state index is 12.0. The average Bonchev–Trinajstić information content (AvgIpc) is 3.07. The summed E-state index contributed by atoms with van der Waals surface area (Å²) in [5.74, 6) is 0.239. The molecule has 2 heterocycles. The fraction of sp³-hybridized carbons (Fsp3) is 0.294. The van der Waals surface area contributed by atoms with E-state index in [4.69, 9.17) is 26.8 Å². The molecule has 0 fully saturated rings. The zero-order chi connectivity index (χ0) is 18.0. The Morgan fingerprint density at radius 3 is 2.96 bits per heavy atom. The van der Waals surface area contributed by atoms with Crippen molar-refractivity contribution in [1.82, 2.24) is 9.88 Å². The van der Waals surface area contributed by atoms with E-state index in [0.29, 0.717) is 35.0 Å². The SMILES string of the molecule is CCOC(=O)c1ccc(OC)c(CN2C(Cl)=c3[nH]ccc3=NC2N)c1. The van der Waals surface area contributed by atoms with Crippen LogP contribution in [-0.4, -0.2) is 35.9 Å². The molecule has 0 aliphatic carbocycles. The van der Waals surface area contributed by atoms with Crippen molar-refractivity contribution < 1.29 is 14.3 Å².